The van der Waals surface area contributed by atoms with Gasteiger partial charge in [0.25, 0.3) is 5.91 Å². The molecule has 2 unspecified atom stereocenters. The maximum Gasteiger partial charge on any atom is 0.254 e. The third kappa shape index (κ3) is 2.37. The highest BCUT2D eigenvalue weighted by Gasteiger charge is 2.51. The van der Waals surface area contributed by atoms with Gasteiger partial charge in [-0.2, -0.15) is 0 Å². The monoisotopic (exact) mass is 306 g/mol. The topological polar surface area (TPSA) is 49.4 Å². The molecule has 1 aliphatic carbocycles. The lowest BCUT2D eigenvalue weighted by molar-refractivity contribution is -0.127. The summed E-state index contributed by atoms with van der Waals surface area (Å²) in [5, 5.41) is 4.77. The van der Waals surface area contributed by atoms with Gasteiger partial charge in [-0.15, -0.1) is 11.3 Å². The minimum atomic E-state index is 0.0136. The Morgan fingerprint density at radius 2 is 2.24 bits per heavy atom. The number of carbonyl (C=O) groups excluding carboxylic acids is 2. The Morgan fingerprint density at radius 1 is 1.43 bits per heavy atom. The standard InChI is InChI=1S/C16H22N2O2S/c1-11-12(5-9-21-11)15(20)18-8-7-16(10-18)6-3-4-13(16)14(19)17-2/h5,9,13H,3-4,6-8,10H2,1-2H3,(H,17,19). The van der Waals surface area contributed by atoms with Crippen molar-refractivity contribution in [1.82, 2.24) is 10.2 Å². The van der Waals surface area contributed by atoms with Gasteiger partial charge in [0, 0.05) is 36.3 Å². The average molecular weight is 306 g/mol. The van der Waals surface area contributed by atoms with E-state index in [1.165, 1.54) is 0 Å². The second kappa shape index (κ2) is 5.44. The van der Waals surface area contributed by atoms with Gasteiger partial charge >= 0.3 is 0 Å². The second-order valence-corrected chi connectivity index (χ2v) is 7.41. The van der Waals surface area contributed by atoms with E-state index in [1.54, 1.807) is 18.4 Å². The number of carbonyl (C=O) groups is 2. The normalized spacial score (nSPS) is 28.3. The zero-order valence-corrected chi connectivity index (χ0v) is 13.5. The van der Waals surface area contributed by atoms with Crippen molar-refractivity contribution in [3.8, 4) is 0 Å². The van der Waals surface area contributed by atoms with Crippen molar-refractivity contribution in [2.24, 2.45) is 11.3 Å². The van der Waals surface area contributed by atoms with E-state index in [9.17, 15) is 9.59 Å². The molecule has 5 heteroatoms. The molecule has 3 rings (SSSR count). The zero-order chi connectivity index (χ0) is 15.0. The highest BCUT2D eigenvalue weighted by Crippen LogP contribution is 2.50. The second-order valence-electron chi connectivity index (χ2n) is 6.29. The summed E-state index contributed by atoms with van der Waals surface area (Å²) >= 11 is 1.61. The van der Waals surface area contributed by atoms with Crippen molar-refractivity contribution in [2.75, 3.05) is 20.1 Å². The molecule has 2 amide bonds. The Hall–Kier alpha value is -1.36. The molecule has 2 heterocycles. The van der Waals surface area contributed by atoms with Gasteiger partial charge in [0.1, 0.15) is 0 Å². The fraction of sp³-hybridized carbons (Fsp3) is 0.625. The number of hydrogen-bond acceptors (Lipinski definition) is 3. The fourth-order valence-electron chi connectivity index (χ4n) is 4.06. The Kier molecular flexibility index (Phi) is 3.78. The maximum absolute atomic E-state index is 12.6. The van der Waals surface area contributed by atoms with E-state index in [0.29, 0.717) is 0 Å². The molecule has 0 radical (unpaired) electrons. The van der Waals surface area contributed by atoms with E-state index >= 15 is 0 Å². The van der Waals surface area contributed by atoms with Crippen LogP contribution in [-0.2, 0) is 4.79 Å². The van der Waals surface area contributed by atoms with Gasteiger partial charge in [0.2, 0.25) is 5.91 Å². The van der Waals surface area contributed by atoms with Crippen LogP contribution in [-0.4, -0.2) is 36.9 Å². The van der Waals surface area contributed by atoms with Gasteiger partial charge in [-0.05, 0) is 37.6 Å². The fourth-order valence-corrected chi connectivity index (χ4v) is 4.75. The Morgan fingerprint density at radius 3 is 2.90 bits per heavy atom. The summed E-state index contributed by atoms with van der Waals surface area (Å²) in [5.74, 6) is 0.352. The number of hydrogen-bond donors (Lipinski definition) is 1. The van der Waals surface area contributed by atoms with E-state index in [4.69, 9.17) is 0 Å². The molecule has 2 aliphatic rings. The Balaban J connectivity index is 1.77. The van der Waals surface area contributed by atoms with Gasteiger partial charge in [-0.25, -0.2) is 0 Å². The molecular formula is C16H22N2O2S. The molecule has 1 aromatic rings. The Bertz CT molecular complexity index is 568. The summed E-state index contributed by atoms with van der Waals surface area (Å²) in [7, 11) is 1.71. The smallest absolute Gasteiger partial charge is 0.254 e. The average Bonchev–Trinajstić information content (AvgIpc) is 3.19. The number of aryl methyl sites for hydroxylation is 1. The molecule has 1 spiro atoms. The molecule has 1 N–H and O–H groups in total. The first-order valence-electron chi connectivity index (χ1n) is 7.62. The van der Waals surface area contributed by atoms with E-state index in [-0.39, 0.29) is 23.1 Å². The Labute approximate surface area is 129 Å². The van der Waals surface area contributed by atoms with Gasteiger partial charge < -0.3 is 10.2 Å². The van der Waals surface area contributed by atoms with E-state index in [0.717, 1.165) is 49.2 Å². The molecule has 0 bridgehead atoms. The molecule has 21 heavy (non-hydrogen) atoms. The van der Waals surface area contributed by atoms with E-state index in [1.807, 2.05) is 23.3 Å². The summed E-state index contributed by atoms with van der Waals surface area (Å²) in [6.45, 7) is 3.51. The van der Waals surface area contributed by atoms with Crippen LogP contribution in [0.15, 0.2) is 11.4 Å². The summed E-state index contributed by atoms with van der Waals surface area (Å²) in [4.78, 5) is 27.8. The molecular weight excluding hydrogens is 284 g/mol. The van der Waals surface area contributed by atoms with Crippen molar-refractivity contribution in [3.05, 3.63) is 21.9 Å². The predicted molar refractivity (Wildman–Crippen MR) is 83.4 cm³/mol. The van der Waals surface area contributed by atoms with Crippen molar-refractivity contribution in [2.45, 2.75) is 32.6 Å². The van der Waals surface area contributed by atoms with Crippen LogP contribution in [0.3, 0.4) is 0 Å². The minimum absolute atomic E-state index is 0.0136. The predicted octanol–water partition coefficient (Wildman–Crippen LogP) is 2.43. The quantitative estimate of drug-likeness (QED) is 0.912. The molecule has 0 aromatic carbocycles. The molecule has 1 aromatic heterocycles. The number of rotatable bonds is 2. The summed E-state index contributed by atoms with van der Waals surface area (Å²) < 4.78 is 0. The zero-order valence-electron chi connectivity index (χ0n) is 12.6. The van der Waals surface area contributed by atoms with Crippen LogP contribution < -0.4 is 5.32 Å². The number of nitrogens with zero attached hydrogens (tertiary/aromatic N) is 1. The lowest BCUT2D eigenvalue weighted by Crippen LogP contribution is -2.40. The van der Waals surface area contributed by atoms with Crippen LogP contribution in [0, 0.1) is 18.3 Å². The SMILES string of the molecule is CNC(=O)C1CCCC12CCN(C(=O)c1ccsc1C)C2. The molecule has 4 nitrogen and oxygen atoms in total. The summed E-state index contributed by atoms with van der Waals surface area (Å²) in [6, 6.07) is 1.91. The van der Waals surface area contributed by atoms with E-state index in [2.05, 4.69) is 5.32 Å². The van der Waals surface area contributed by atoms with Crippen LogP contribution in [0.25, 0.3) is 0 Å². The van der Waals surface area contributed by atoms with Crippen LogP contribution >= 0.6 is 11.3 Å². The van der Waals surface area contributed by atoms with Gasteiger partial charge in [-0.1, -0.05) is 6.42 Å². The molecule has 114 valence electrons. The van der Waals surface area contributed by atoms with Crippen molar-refractivity contribution in [1.29, 1.82) is 0 Å². The van der Waals surface area contributed by atoms with E-state index < -0.39 is 0 Å². The van der Waals surface area contributed by atoms with Gasteiger partial charge in [0.15, 0.2) is 0 Å². The number of amides is 2. The molecule has 2 atom stereocenters. The lowest BCUT2D eigenvalue weighted by atomic mass is 9.76. The van der Waals surface area contributed by atoms with Gasteiger partial charge in [0.05, 0.1) is 5.56 Å². The third-order valence-corrected chi connectivity index (χ3v) is 6.08. The number of nitrogens with one attached hydrogen (secondary N) is 1. The van der Waals surface area contributed by atoms with Crippen molar-refractivity contribution >= 4 is 23.2 Å². The summed E-state index contributed by atoms with van der Waals surface area (Å²) in [6.07, 6.45) is 4.08. The molecule has 1 saturated heterocycles. The summed E-state index contributed by atoms with van der Waals surface area (Å²) in [5.41, 5.74) is 0.839. The first-order valence-corrected chi connectivity index (χ1v) is 8.50. The number of likely N-dealkylation sites (tertiary alicyclic amines) is 1. The molecule has 2 fully saturated rings. The number of thiophene rings is 1. The van der Waals surface area contributed by atoms with Crippen LogP contribution in [0.5, 0.6) is 0 Å². The molecule has 1 aliphatic heterocycles. The largest absolute Gasteiger partial charge is 0.359 e. The molecule has 1 saturated carbocycles. The first kappa shape index (κ1) is 14.6. The van der Waals surface area contributed by atoms with Crippen LogP contribution in [0.2, 0.25) is 0 Å². The van der Waals surface area contributed by atoms with Crippen LogP contribution in [0.1, 0.15) is 40.9 Å². The minimum Gasteiger partial charge on any atom is -0.359 e. The lowest BCUT2D eigenvalue weighted by Gasteiger charge is -2.30. The van der Waals surface area contributed by atoms with Crippen LogP contribution in [0.4, 0.5) is 0 Å². The van der Waals surface area contributed by atoms with Gasteiger partial charge in [-0.3, -0.25) is 9.59 Å². The first-order chi connectivity index (χ1) is 10.1. The van der Waals surface area contributed by atoms with Crippen molar-refractivity contribution < 1.29 is 9.59 Å². The maximum atomic E-state index is 12.6. The third-order valence-electron chi connectivity index (χ3n) is 5.23. The van der Waals surface area contributed by atoms with Crippen molar-refractivity contribution in [3.63, 3.8) is 0 Å². The highest BCUT2D eigenvalue weighted by atomic mass is 32.1. The highest BCUT2D eigenvalue weighted by molar-refractivity contribution is 7.10.